The van der Waals surface area contributed by atoms with Gasteiger partial charge in [0.2, 0.25) is 10.0 Å². The van der Waals surface area contributed by atoms with Crippen molar-refractivity contribution in [3.8, 4) is 0 Å². The molecule has 1 fully saturated rings. The van der Waals surface area contributed by atoms with Crippen LogP contribution in [0.4, 0.5) is 0 Å². The molecule has 6 nitrogen and oxygen atoms in total. The van der Waals surface area contributed by atoms with Gasteiger partial charge in [-0.2, -0.15) is 0 Å². The normalized spacial score (nSPS) is 22.5. The average molecular weight is 255 g/mol. The number of carbonyl (C=O) groups excluding carboxylic acids is 1. The summed E-state index contributed by atoms with van der Waals surface area (Å²) in [5.74, 6) is -1.75. The maximum atomic E-state index is 11.4. The van der Waals surface area contributed by atoms with Crippen molar-refractivity contribution in [1.82, 2.24) is 0 Å². The maximum Gasteiger partial charge on any atom is 0.216 e. The van der Waals surface area contributed by atoms with Crippen LogP contribution in [0.2, 0.25) is 0 Å². The summed E-state index contributed by atoms with van der Waals surface area (Å²) in [5, 5.41) is 4.73. The molecule has 0 amide bonds. The number of hydrogen-bond acceptors (Lipinski definition) is 5. The fourth-order valence-electron chi connectivity index (χ4n) is 1.53. The molecule has 0 atom stereocenters. The first kappa shape index (κ1) is 12.6. The number of sulfone groups is 1. The summed E-state index contributed by atoms with van der Waals surface area (Å²) in [4.78, 5) is 11.4. The van der Waals surface area contributed by atoms with Crippen LogP contribution in [-0.4, -0.2) is 39.9 Å². The number of rotatable bonds is 3. The van der Waals surface area contributed by atoms with Gasteiger partial charge in [-0.1, -0.05) is 0 Å². The Bertz CT molecular complexity index is 436. The van der Waals surface area contributed by atoms with Crippen molar-refractivity contribution >= 4 is 25.6 Å². The van der Waals surface area contributed by atoms with Gasteiger partial charge in [0.05, 0.1) is 11.5 Å². The highest BCUT2D eigenvalue weighted by atomic mass is 32.2. The molecule has 8 heteroatoms. The molecular formula is C7H13NO5S2. The van der Waals surface area contributed by atoms with Crippen molar-refractivity contribution < 1.29 is 21.6 Å². The molecule has 2 N–H and O–H groups in total. The van der Waals surface area contributed by atoms with E-state index in [0.29, 0.717) is 0 Å². The molecule has 1 aliphatic heterocycles. The summed E-state index contributed by atoms with van der Waals surface area (Å²) >= 11 is 0. The molecule has 15 heavy (non-hydrogen) atoms. The van der Waals surface area contributed by atoms with Gasteiger partial charge in [0.1, 0.15) is 15.6 Å². The average Bonchev–Trinajstić information content (AvgIpc) is 2.00. The first-order valence-electron chi connectivity index (χ1n) is 4.43. The minimum absolute atomic E-state index is 0.0476. The van der Waals surface area contributed by atoms with E-state index in [2.05, 4.69) is 0 Å². The third-order valence-corrected chi connectivity index (χ3v) is 4.76. The highest BCUT2D eigenvalue weighted by Gasteiger charge is 2.29. The lowest BCUT2D eigenvalue weighted by molar-refractivity contribution is -0.120. The molecule has 1 heterocycles. The van der Waals surface area contributed by atoms with Crippen molar-refractivity contribution in [2.24, 2.45) is 11.1 Å². The van der Waals surface area contributed by atoms with E-state index in [1.165, 1.54) is 0 Å². The lowest BCUT2D eigenvalue weighted by Crippen LogP contribution is -2.33. The van der Waals surface area contributed by atoms with Gasteiger partial charge in [0.15, 0.2) is 5.78 Å². The Morgan fingerprint density at radius 1 is 1.27 bits per heavy atom. The number of ketones is 1. The molecule has 88 valence electrons. The van der Waals surface area contributed by atoms with Crippen molar-refractivity contribution in [3.05, 3.63) is 0 Å². The van der Waals surface area contributed by atoms with E-state index in [1.54, 1.807) is 0 Å². The predicted molar refractivity (Wildman–Crippen MR) is 54.4 cm³/mol. The molecule has 0 aromatic rings. The Kier molecular flexibility index (Phi) is 3.51. The van der Waals surface area contributed by atoms with Gasteiger partial charge in [0, 0.05) is 5.92 Å². The summed E-state index contributed by atoms with van der Waals surface area (Å²) in [7, 11) is -6.83. The minimum Gasteiger partial charge on any atom is -0.298 e. The Morgan fingerprint density at radius 3 is 2.13 bits per heavy atom. The smallest absolute Gasteiger partial charge is 0.216 e. The van der Waals surface area contributed by atoms with E-state index < -0.39 is 37.3 Å². The van der Waals surface area contributed by atoms with E-state index in [9.17, 15) is 21.6 Å². The van der Waals surface area contributed by atoms with Crippen LogP contribution in [0.3, 0.4) is 0 Å². The molecule has 0 spiro atoms. The zero-order chi connectivity index (χ0) is 11.7. The fraction of sp³-hybridized carbons (Fsp3) is 0.857. The summed E-state index contributed by atoms with van der Waals surface area (Å²) < 4.78 is 43.4. The largest absolute Gasteiger partial charge is 0.298 e. The minimum atomic E-state index is -3.80. The molecule has 0 saturated carbocycles. The number of hydrogen-bond donors (Lipinski definition) is 1. The summed E-state index contributed by atoms with van der Waals surface area (Å²) in [6.45, 7) is 0. The number of primary sulfonamides is 1. The first-order chi connectivity index (χ1) is 6.70. The van der Waals surface area contributed by atoms with Crippen LogP contribution in [0, 0.1) is 5.92 Å². The Hall–Kier alpha value is -0.470. The molecule has 0 aliphatic carbocycles. The van der Waals surface area contributed by atoms with Crippen LogP contribution in [0.5, 0.6) is 0 Å². The molecular weight excluding hydrogens is 242 g/mol. The zero-order valence-electron chi connectivity index (χ0n) is 8.05. The molecule has 0 unspecified atom stereocenters. The van der Waals surface area contributed by atoms with Crippen LogP contribution < -0.4 is 5.14 Å². The summed E-state index contributed by atoms with van der Waals surface area (Å²) in [5.41, 5.74) is 0. The number of Topliss-reactive ketones (excluding diaryl/α,β-unsaturated/α-hetero) is 1. The Labute approximate surface area is 88.8 Å². The zero-order valence-corrected chi connectivity index (χ0v) is 9.68. The summed E-state index contributed by atoms with van der Waals surface area (Å²) in [6.07, 6.45) is 0.410. The highest BCUT2D eigenvalue weighted by molar-refractivity contribution is 7.91. The number of nitrogens with two attached hydrogens (primary N) is 1. The lowest BCUT2D eigenvalue weighted by Gasteiger charge is -2.20. The first-order valence-corrected chi connectivity index (χ1v) is 7.97. The van der Waals surface area contributed by atoms with Crippen molar-refractivity contribution in [3.63, 3.8) is 0 Å². The van der Waals surface area contributed by atoms with Crippen LogP contribution in [0.25, 0.3) is 0 Å². The van der Waals surface area contributed by atoms with Gasteiger partial charge in [-0.05, 0) is 12.8 Å². The Balaban J connectivity index is 2.58. The van der Waals surface area contributed by atoms with E-state index in [4.69, 9.17) is 5.14 Å². The SMILES string of the molecule is NS(=O)(=O)CC(=O)C1CCS(=O)(=O)CC1. The molecule has 0 bridgehead atoms. The molecule has 0 aromatic heterocycles. The topological polar surface area (TPSA) is 111 Å². The van der Waals surface area contributed by atoms with Crippen LogP contribution in [0.15, 0.2) is 0 Å². The van der Waals surface area contributed by atoms with E-state index in [0.717, 1.165) is 0 Å². The number of carbonyl (C=O) groups is 1. The second kappa shape index (κ2) is 4.18. The Morgan fingerprint density at radius 2 is 1.73 bits per heavy atom. The predicted octanol–water partition coefficient (Wildman–Crippen LogP) is -1.33. The van der Waals surface area contributed by atoms with Gasteiger partial charge in [0.25, 0.3) is 0 Å². The maximum absolute atomic E-state index is 11.4. The number of sulfonamides is 1. The van der Waals surface area contributed by atoms with Crippen molar-refractivity contribution in [2.45, 2.75) is 12.8 Å². The van der Waals surface area contributed by atoms with Crippen LogP contribution >= 0.6 is 0 Å². The van der Waals surface area contributed by atoms with E-state index in [-0.39, 0.29) is 24.3 Å². The third kappa shape index (κ3) is 4.27. The van der Waals surface area contributed by atoms with Crippen molar-refractivity contribution in [2.75, 3.05) is 17.3 Å². The monoisotopic (exact) mass is 255 g/mol. The standard InChI is InChI=1S/C7H13NO5S2/c8-15(12,13)5-7(9)6-1-3-14(10,11)4-2-6/h6H,1-5H2,(H2,8,12,13). The van der Waals surface area contributed by atoms with Crippen LogP contribution in [0.1, 0.15) is 12.8 Å². The van der Waals surface area contributed by atoms with Crippen molar-refractivity contribution in [1.29, 1.82) is 0 Å². The second-order valence-corrected chi connectivity index (χ2v) is 7.62. The molecule has 1 saturated heterocycles. The van der Waals surface area contributed by atoms with Gasteiger partial charge in [-0.25, -0.2) is 22.0 Å². The van der Waals surface area contributed by atoms with Gasteiger partial charge in [-0.15, -0.1) is 0 Å². The lowest BCUT2D eigenvalue weighted by atomic mass is 9.99. The second-order valence-electron chi connectivity index (χ2n) is 3.70. The fourth-order valence-corrected chi connectivity index (χ4v) is 3.65. The molecule has 0 aromatic carbocycles. The van der Waals surface area contributed by atoms with Crippen LogP contribution in [-0.2, 0) is 24.7 Å². The van der Waals surface area contributed by atoms with Gasteiger partial charge in [-0.3, -0.25) is 4.79 Å². The molecule has 1 aliphatic rings. The van der Waals surface area contributed by atoms with E-state index in [1.807, 2.05) is 0 Å². The molecule has 1 rings (SSSR count). The quantitative estimate of drug-likeness (QED) is 0.671. The van der Waals surface area contributed by atoms with Gasteiger partial charge < -0.3 is 0 Å². The summed E-state index contributed by atoms with van der Waals surface area (Å²) in [6, 6.07) is 0. The van der Waals surface area contributed by atoms with E-state index >= 15 is 0 Å². The van der Waals surface area contributed by atoms with Gasteiger partial charge >= 0.3 is 0 Å². The third-order valence-electron chi connectivity index (χ3n) is 2.35. The highest BCUT2D eigenvalue weighted by Crippen LogP contribution is 2.19. The molecule has 0 radical (unpaired) electrons.